The smallest absolute Gasteiger partial charge is 0.193 e. The Kier molecular flexibility index (Phi) is 2.51. The van der Waals surface area contributed by atoms with Gasteiger partial charge in [0.05, 0.1) is 12.2 Å². The van der Waals surface area contributed by atoms with Crippen LogP contribution in [0.25, 0.3) is 0 Å². The van der Waals surface area contributed by atoms with Crippen LogP contribution >= 0.6 is 0 Å². The minimum absolute atomic E-state index is 0.0890. The van der Waals surface area contributed by atoms with Crippen LogP contribution in [0.3, 0.4) is 0 Å². The SMILES string of the molecule is O=CC#Cc1ccc2c(c1)OCCC2=O. The molecule has 0 N–H and O–H groups in total. The fraction of sp³-hybridized carbons (Fsp3) is 0.167. The van der Waals surface area contributed by atoms with Crippen molar-refractivity contribution in [2.24, 2.45) is 0 Å². The number of ketones is 1. The molecule has 0 spiro atoms. The summed E-state index contributed by atoms with van der Waals surface area (Å²) in [6.45, 7) is 0.413. The van der Waals surface area contributed by atoms with Gasteiger partial charge in [0.25, 0.3) is 0 Å². The van der Waals surface area contributed by atoms with E-state index in [1.165, 1.54) is 0 Å². The van der Waals surface area contributed by atoms with Gasteiger partial charge in [0.15, 0.2) is 12.1 Å². The Bertz CT molecular complexity index is 477. The molecule has 3 nitrogen and oxygen atoms in total. The summed E-state index contributed by atoms with van der Waals surface area (Å²) in [5, 5.41) is 0. The van der Waals surface area contributed by atoms with Gasteiger partial charge in [-0.15, -0.1) is 0 Å². The number of rotatable bonds is 0. The number of hydrogen-bond donors (Lipinski definition) is 0. The summed E-state index contributed by atoms with van der Waals surface area (Å²) >= 11 is 0. The van der Waals surface area contributed by atoms with Crippen LogP contribution in [-0.2, 0) is 4.79 Å². The zero-order chi connectivity index (χ0) is 10.7. The second-order valence-corrected chi connectivity index (χ2v) is 3.12. The van der Waals surface area contributed by atoms with Crippen LogP contribution in [0.15, 0.2) is 18.2 Å². The summed E-state index contributed by atoms with van der Waals surface area (Å²) in [4.78, 5) is 21.5. The highest BCUT2D eigenvalue weighted by Gasteiger charge is 2.17. The summed E-state index contributed by atoms with van der Waals surface area (Å²) < 4.78 is 5.34. The Hall–Kier alpha value is -2.08. The van der Waals surface area contributed by atoms with Gasteiger partial charge in [-0.1, -0.05) is 5.92 Å². The molecule has 0 fully saturated rings. The van der Waals surface area contributed by atoms with E-state index in [0.29, 0.717) is 36.2 Å². The largest absolute Gasteiger partial charge is 0.492 e. The predicted octanol–water partition coefficient (Wildman–Crippen LogP) is 1.20. The monoisotopic (exact) mass is 200 g/mol. The molecule has 0 aromatic heterocycles. The fourth-order valence-electron chi connectivity index (χ4n) is 1.45. The Morgan fingerprint density at radius 3 is 3.07 bits per heavy atom. The standard InChI is InChI=1S/C12H8O3/c13-6-1-2-9-3-4-10-11(14)5-7-15-12(10)8-9/h3-4,6,8H,5,7H2. The Morgan fingerprint density at radius 1 is 1.40 bits per heavy atom. The number of carbonyl (C=O) groups is 2. The molecule has 0 amide bonds. The maximum atomic E-state index is 11.4. The third kappa shape index (κ3) is 1.89. The third-order valence-electron chi connectivity index (χ3n) is 2.14. The lowest BCUT2D eigenvalue weighted by atomic mass is 10.0. The molecule has 0 bridgehead atoms. The van der Waals surface area contributed by atoms with Gasteiger partial charge in [-0.25, -0.2) is 0 Å². The first kappa shape index (κ1) is 9.47. The molecular weight excluding hydrogens is 192 g/mol. The fourth-order valence-corrected chi connectivity index (χ4v) is 1.45. The van der Waals surface area contributed by atoms with Crippen molar-refractivity contribution in [2.45, 2.75) is 6.42 Å². The lowest BCUT2D eigenvalue weighted by molar-refractivity contribution is -0.103. The Morgan fingerprint density at radius 2 is 2.27 bits per heavy atom. The maximum Gasteiger partial charge on any atom is 0.193 e. The van der Waals surface area contributed by atoms with Gasteiger partial charge in [-0.3, -0.25) is 9.59 Å². The summed E-state index contributed by atoms with van der Waals surface area (Å²) in [6.07, 6.45) is 0.956. The van der Waals surface area contributed by atoms with Crippen LogP contribution in [0.1, 0.15) is 22.3 Å². The van der Waals surface area contributed by atoms with Gasteiger partial charge in [-0.05, 0) is 24.1 Å². The summed E-state index contributed by atoms with van der Waals surface area (Å²) in [6, 6.07) is 5.08. The molecular formula is C12H8O3. The molecule has 1 aromatic carbocycles. The average Bonchev–Trinajstić information content (AvgIpc) is 2.26. The van der Waals surface area contributed by atoms with E-state index in [1.807, 2.05) is 0 Å². The number of hydrogen-bond acceptors (Lipinski definition) is 3. The van der Waals surface area contributed by atoms with Gasteiger partial charge in [0.2, 0.25) is 0 Å². The quantitative estimate of drug-likeness (QED) is 0.467. The number of carbonyl (C=O) groups excluding carboxylic acids is 2. The van der Waals surface area contributed by atoms with Crippen molar-refractivity contribution in [1.82, 2.24) is 0 Å². The third-order valence-corrected chi connectivity index (χ3v) is 2.14. The van der Waals surface area contributed by atoms with Crippen molar-refractivity contribution in [1.29, 1.82) is 0 Å². The van der Waals surface area contributed by atoms with E-state index in [0.717, 1.165) is 0 Å². The molecule has 0 aliphatic carbocycles. The van der Waals surface area contributed by atoms with Gasteiger partial charge < -0.3 is 4.74 Å². The highest BCUT2D eigenvalue weighted by Crippen LogP contribution is 2.25. The van der Waals surface area contributed by atoms with Crippen LogP contribution in [0, 0.1) is 11.8 Å². The minimum atomic E-state index is 0.0890. The van der Waals surface area contributed by atoms with Crippen LogP contribution in [0.4, 0.5) is 0 Å². The van der Waals surface area contributed by atoms with Crippen molar-refractivity contribution >= 4 is 12.1 Å². The summed E-state index contributed by atoms with van der Waals surface area (Å²) in [5.41, 5.74) is 1.27. The Labute approximate surface area is 87.1 Å². The molecule has 1 heterocycles. The van der Waals surface area contributed by atoms with Gasteiger partial charge in [0, 0.05) is 12.0 Å². The number of aldehydes is 1. The number of ether oxygens (including phenoxy) is 1. The van der Waals surface area contributed by atoms with E-state index in [2.05, 4.69) is 11.8 Å². The van der Waals surface area contributed by atoms with Gasteiger partial charge in [-0.2, -0.15) is 0 Å². The first-order valence-electron chi connectivity index (χ1n) is 4.56. The second-order valence-electron chi connectivity index (χ2n) is 3.12. The van der Waals surface area contributed by atoms with E-state index >= 15 is 0 Å². The normalized spacial score (nSPS) is 13.2. The molecule has 2 rings (SSSR count). The van der Waals surface area contributed by atoms with E-state index in [1.54, 1.807) is 18.2 Å². The highest BCUT2D eigenvalue weighted by molar-refractivity contribution is 5.99. The topological polar surface area (TPSA) is 43.4 Å². The van der Waals surface area contributed by atoms with Gasteiger partial charge >= 0.3 is 0 Å². The van der Waals surface area contributed by atoms with E-state index in [-0.39, 0.29) is 5.78 Å². The molecule has 1 aliphatic heterocycles. The van der Waals surface area contributed by atoms with E-state index < -0.39 is 0 Å². The molecule has 1 aliphatic rings. The van der Waals surface area contributed by atoms with E-state index in [4.69, 9.17) is 4.74 Å². The molecule has 74 valence electrons. The summed E-state index contributed by atoms with van der Waals surface area (Å²) in [5.74, 6) is 5.61. The van der Waals surface area contributed by atoms with E-state index in [9.17, 15) is 9.59 Å². The molecule has 0 radical (unpaired) electrons. The highest BCUT2D eigenvalue weighted by atomic mass is 16.5. The van der Waals surface area contributed by atoms with Gasteiger partial charge in [0.1, 0.15) is 5.75 Å². The summed E-state index contributed by atoms with van der Waals surface area (Å²) in [7, 11) is 0. The zero-order valence-corrected chi connectivity index (χ0v) is 7.95. The molecule has 0 saturated carbocycles. The van der Waals surface area contributed by atoms with Crippen molar-refractivity contribution in [3.8, 4) is 17.6 Å². The number of Topliss-reactive ketones (excluding diaryl/α,β-unsaturated/α-hetero) is 1. The molecule has 0 unspecified atom stereocenters. The molecule has 0 saturated heterocycles. The van der Waals surface area contributed by atoms with Crippen LogP contribution < -0.4 is 4.74 Å². The second kappa shape index (κ2) is 3.97. The zero-order valence-electron chi connectivity index (χ0n) is 7.95. The predicted molar refractivity (Wildman–Crippen MR) is 53.8 cm³/mol. The van der Waals surface area contributed by atoms with Crippen molar-refractivity contribution in [3.63, 3.8) is 0 Å². The lowest BCUT2D eigenvalue weighted by Gasteiger charge is -2.15. The molecule has 1 aromatic rings. The lowest BCUT2D eigenvalue weighted by Crippen LogP contribution is -2.15. The van der Waals surface area contributed by atoms with Crippen LogP contribution in [0.2, 0.25) is 0 Å². The number of benzene rings is 1. The first-order chi connectivity index (χ1) is 7.31. The van der Waals surface area contributed by atoms with Crippen LogP contribution in [0.5, 0.6) is 5.75 Å². The van der Waals surface area contributed by atoms with Crippen molar-refractivity contribution < 1.29 is 14.3 Å². The Balaban J connectivity index is 2.41. The molecule has 3 heteroatoms. The van der Waals surface area contributed by atoms with Crippen molar-refractivity contribution in [3.05, 3.63) is 29.3 Å². The average molecular weight is 200 g/mol. The van der Waals surface area contributed by atoms with Crippen molar-refractivity contribution in [2.75, 3.05) is 6.61 Å². The maximum absolute atomic E-state index is 11.4. The first-order valence-corrected chi connectivity index (χ1v) is 4.56. The minimum Gasteiger partial charge on any atom is -0.492 e. The molecule has 0 atom stereocenters. The number of fused-ring (bicyclic) bond motifs is 1. The van der Waals surface area contributed by atoms with Crippen LogP contribution in [-0.4, -0.2) is 18.7 Å². The molecule has 15 heavy (non-hydrogen) atoms.